The van der Waals surface area contributed by atoms with Crippen LogP contribution < -0.4 is 25.0 Å². The van der Waals surface area contributed by atoms with Crippen molar-refractivity contribution in [3.63, 3.8) is 0 Å². The number of rotatable bonds is 11. The SMILES string of the molecule is Cc1cccc(C)c1NC(=O)c1cnc(Nc2ccc(N3CCN(C(C)C)CC3)cc2)nc1Oc1ccccc1OCc1ccccc1. The Labute approximate surface area is 282 Å². The summed E-state index contributed by atoms with van der Waals surface area (Å²) in [6.45, 7) is 12.9. The third-order valence-corrected chi connectivity index (χ3v) is 8.54. The average Bonchev–Trinajstić information content (AvgIpc) is 3.10. The second-order valence-electron chi connectivity index (χ2n) is 12.2. The molecule has 0 unspecified atom stereocenters. The first-order valence-corrected chi connectivity index (χ1v) is 16.4. The maximum absolute atomic E-state index is 13.7. The Balaban J connectivity index is 1.24. The normalized spacial score (nSPS) is 13.3. The van der Waals surface area contributed by atoms with Crippen LogP contribution in [-0.4, -0.2) is 53.0 Å². The van der Waals surface area contributed by atoms with Gasteiger partial charge >= 0.3 is 0 Å². The van der Waals surface area contributed by atoms with Gasteiger partial charge in [-0.15, -0.1) is 0 Å². The summed E-state index contributed by atoms with van der Waals surface area (Å²) in [7, 11) is 0. The second kappa shape index (κ2) is 15.0. The molecule has 0 spiro atoms. The van der Waals surface area contributed by atoms with E-state index in [0.29, 0.717) is 30.1 Å². The Bertz CT molecular complexity index is 1820. The lowest BCUT2D eigenvalue weighted by Gasteiger charge is -2.38. The van der Waals surface area contributed by atoms with E-state index in [-0.39, 0.29) is 17.4 Å². The number of anilines is 4. The van der Waals surface area contributed by atoms with Crippen molar-refractivity contribution in [2.24, 2.45) is 0 Å². The van der Waals surface area contributed by atoms with E-state index >= 15 is 0 Å². The zero-order valence-electron chi connectivity index (χ0n) is 27.9. The summed E-state index contributed by atoms with van der Waals surface area (Å²) in [5.41, 5.74) is 5.87. The molecule has 1 fully saturated rings. The first-order chi connectivity index (χ1) is 23.3. The third kappa shape index (κ3) is 7.93. The second-order valence-corrected chi connectivity index (χ2v) is 12.2. The van der Waals surface area contributed by atoms with Gasteiger partial charge in [-0.3, -0.25) is 9.69 Å². The van der Waals surface area contributed by atoms with Crippen molar-refractivity contribution in [1.82, 2.24) is 14.9 Å². The van der Waals surface area contributed by atoms with Crippen LogP contribution in [0.15, 0.2) is 103 Å². The lowest BCUT2D eigenvalue weighted by molar-refractivity contribution is 0.102. The molecule has 1 aromatic heterocycles. The molecular weight excluding hydrogens is 600 g/mol. The van der Waals surface area contributed by atoms with Crippen LogP contribution in [0.5, 0.6) is 17.4 Å². The largest absolute Gasteiger partial charge is 0.485 e. The summed E-state index contributed by atoms with van der Waals surface area (Å²) < 4.78 is 12.5. The van der Waals surface area contributed by atoms with E-state index in [9.17, 15) is 4.79 Å². The van der Waals surface area contributed by atoms with E-state index in [4.69, 9.17) is 14.5 Å². The molecule has 5 aromatic rings. The minimum absolute atomic E-state index is 0.103. The van der Waals surface area contributed by atoms with Gasteiger partial charge in [0.25, 0.3) is 5.91 Å². The third-order valence-electron chi connectivity index (χ3n) is 8.54. The predicted molar refractivity (Wildman–Crippen MR) is 192 cm³/mol. The molecule has 0 bridgehead atoms. The van der Waals surface area contributed by atoms with Crippen molar-refractivity contribution < 1.29 is 14.3 Å². The van der Waals surface area contributed by atoms with Gasteiger partial charge in [-0.1, -0.05) is 60.7 Å². The number of carbonyl (C=O) groups is 1. The van der Waals surface area contributed by atoms with Crippen LogP contribution in [0.2, 0.25) is 0 Å². The molecule has 6 rings (SSSR count). The molecule has 246 valence electrons. The van der Waals surface area contributed by atoms with Crippen LogP contribution in [0.3, 0.4) is 0 Å². The molecule has 48 heavy (non-hydrogen) atoms. The number of hydrogen-bond donors (Lipinski definition) is 2. The predicted octanol–water partition coefficient (Wildman–Crippen LogP) is 7.99. The minimum Gasteiger partial charge on any atom is -0.485 e. The molecule has 9 heteroatoms. The van der Waals surface area contributed by atoms with Crippen molar-refractivity contribution in [3.05, 3.63) is 126 Å². The molecule has 2 heterocycles. The van der Waals surface area contributed by atoms with E-state index in [0.717, 1.165) is 54.2 Å². The number of nitrogens with zero attached hydrogens (tertiary/aromatic N) is 4. The summed E-state index contributed by atoms with van der Waals surface area (Å²) in [6.07, 6.45) is 1.49. The Hall–Kier alpha value is -5.41. The zero-order valence-corrected chi connectivity index (χ0v) is 27.9. The molecular formula is C39H42N6O3. The summed E-state index contributed by atoms with van der Waals surface area (Å²) in [5.74, 6) is 0.987. The average molecular weight is 643 g/mol. The quantitative estimate of drug-likeness (QED) is 0.150. The number of para-hydroxylation sites is 3. The molecule has 2 N–H and O–H groups in total. The number of piperazine rings is 1. The number of ether oxygens (including phenoxy) is 2. The molecule has 1 aliphatic rings. The lowest BCUT2D eigenvalue weighted by atomic mass is 10.1. The molecule has 0 atom stereocenters. The molecule has 0 radical (unpaired) electrons. The fourth-order valence-electron chi connectivity index (χ4n) is 5.73. The van der Waals surface area contributed by atoms with E-state index in [1.807, 2.05) is 92.7 Å². The number of amides is 1. The van der Waals surface area contributed by atoms with Gasteiger partial charge in [0.05, 0.1) is 0 Å². The maximum atomic E-state index is 13.7. The van der Waals surface area contributed by atoms with Gasteiger partial charge in [-0.2, -0.15) is 4.98 Å². The standard InChI is InChI=1S/C39H42N6O3/c1-27(2)44-21-23-45(24-22-44)32-19-17-31(18-20-32)41-39-40-25-33(37(46)42-36-28(3)11-10-12-29(36)4)38(43-39)48-35-16-9-8-15-34(35)47-26-30-13-6-5-7-14-30/h5-20,25,27H,21-24,26H2,1-4H3,(H,42,46)(H,40,41,43). The summed E-state index contributed by atoms with van der Waals surface area (Å²) in [4.78, 5) is 27.8. The maximum Gasteiger partial charge on any atom is 0.262 e. The Morgan fingerprint density at radius 2 is 1.48 bits per heavy atom. The molecule has 4 aromatic carbocycles. The van der Waals surface area contributed by atoms with Crippen LogP contribution in [0.25, 0.3) is 0 Å². The summed E-state index contributed by atoms with van der Waals surface area (Å²) >= 11 is 0. The first kappa shape index (κ1) is 32.5. The smallest absolute Gasteiger partial charge is 0.262 e. The van der Waals surface area contributed by atoms with Gasteiger partial charge < -0.3 is 25.0 Å². The van der Waals surface area contributed by atoms with Crippen molar-refractivity contribution in [1.29, 1.82) is 0 Å². The summed E-state index contributed by atoms with van der Waals surface area (Å²) in [6, 6.07) is 32.0. The molecule has 0 aliphatic carbocycles. The van der Waals surface area contributed by atoms with Crippen LogP contribution in [0.4, 0.5) is 23.0 Å². The van der Waals surface area contributed by atoms with Crippen molar-refractivity contribution in [2.75, 3.05) is 41.7 Å². The number of aryl methyl sites for hydroxylation is 2. The molecule has 1 aliphatic heterocycles. The Morgan fingerprint density at radius 1 is 0.812 bits per heavy atom. The highest BCUT2D eigenvalue weighted by molar-refractivity contribution is 6.06. The number of nitrogens with one attached hydrogen (secondary N) is 2. The number of hydrogen-bond acceptors (Lipinski definition) is 8. The molecule has 1 saturated heterocycles. The summed E-state index contributed by atoms with van der Waals surface area (Å²) in [5, 5.41) is 6.32. The van der Waals surface area contributed by atoms with Crippen molar-refractivity contribution >= 4 is 28.9 Å². The van der Waals surface area contributed by atoms with Crippen molar-refractivity contribution in [3.8, 4) is 17.4 Å². The van der Waals surface area contributed by atoms with Gasteiger partial charge in [-0.25, -0.2) is 4.98 Å². The fourth-order valence-corrected chi connectivity index (χ4v) is 5.73. The van der Waals surface area contributed by atoms with Gasteiger partial charge in [0.1, 0.15) is 12.2 Å². The topological polar surface area (TPSA) is 91.9 Å². The van der Waals surface area contributed by atoms with Crippen LogP contribution >= 0.6 is 0 Å². The molecule has 9 nitrogen and oxygen atoms in total. The van der Waals surface area contributed by atoms with E-state index in [1.165, 1.54) is 11.9 Å². The van der Waals surface area contributed by atoms with Gasteiger partial charge in [0, 0.05) is 55.5 Å². The van der Waals surface area contributed by atoms with E-state index in [2.05, 4.69) is 51.4 Å². The van der Waals surface area contributed by atoms with E-state index in [1.54, 1.807) is 6.07 Å². The first-order valence-electron chi connectivity index (χ1n) is 16.4. The number of aromatic nitrogens is 2. The molecule has 0 saturated carbocycles. The van der Waals surface area contributed by atoms with Crippen molar-refractivity contribution in [2.45, 2.75) is 40.3 Å². The Kier molecular flexibility index (Phi) is 10.2. The monoisotopic (exact) mass is 642 g/mol. The number of carbonyl (C=O) groups excluding carboxylic acids is 1. The minimum atomic E-state index is -0.376. The van der Waals surface area contributed by atoms with Crippen LogP contribution in [0, 0.1) is 13.8 Å². The lowest BCUT2D eigenvalue weighted by Crippen LogP contribution is -2.48. The van der Waals surface area contributed by atoms with E-state index < -0.39 is 0 Å². The highest BCUT2D eigenvalue weighted by Gasteiger charge is 2.21. The van der Waals surface area contributed by atoms with Gasteiger partial charge in [0.15, 0.2) is 11.5 Å². The van der Waals surface area contributed by atoms with Crippen LogP contribution in [0.1, 0.15) is 40.9 Å². The van der Waals surface area contributed by atoms with Crippen LogP contribution in [-0.2, 0) is 6.61 Å². The highest BCUT2D eigenvalue weighted by atomic mass is 16.5. The zero-order chi connectivity index (χ0) is 33.5. The highest BCUT2D eigenvalue weighted by Crippen LogP contribution is 2.34. The fraction of sp³-hybridized carbons (Fsp3) is 0.256. The number of benzene rings is 4. The Morgan fingerprint density at radius 3 is 2.17 bits per heavy atom. The molecule has 1 amide bonds. The van der Waals surface area contributed by atoms with Gasteiger partial charge in [0.2, 0.25) is 11.8 Å². The van der Waals surface area contributed by atoms with Gasteiger partial charge in [-0.05, 0) is 80.8 Å².